The molecule has 0 aliphatic carbocycles. The van der Waals surface area contributed by atoms with Gasteiger partial charge < -0.3 is 10.2 Å². The van der Waals surface area contributed by atoms with Gasteiger partial charge in [0.05, 0.1) is 0 Å². The highest BCUT2D eigenvalue weighted by molar-refractivity contribution is 5.84. The first kappa shape index (κ1) is 23.4. The number of carbonyl (C=O) groups is 3. The van der Waals surface area contributed by atoms with E-state index in [9.17, 15) is 14.4 Å². The van der Waals surface area contributed by atoms with Crippen molar-refractivity contribution in [1.82, 2.24) is 15.7 Å². The second-order valence-electron chi connectivity index (χ2n) is 7.00. The molecule has 0 aromatic heterocycles. The summed E-state index contributed by atoms with van der Waals surface area (Å²) in [5.41, 5.74) is 1.58. The molecule has 0 rings (SSSR count). The van der Waals surface area contributed by atoms with Crippen molar-refractivity contribution in [2.45, 2.75) is 65.7 Å². The zero-order valence-corrected chi connectivity index (χ0v) is 16.1. The lowest BCUT2D eigenvalue weighted by atomic mass is 10.0. The monoisotopic (exact) mass is 357 g/mol. The van der Waals surface area contributed by atoms with Crippen LogP contribution in [0.2, 0.25) is 0 Å². The Bertz CT molecular complexity index is 413. The maximum absolute atomic E-state index is 12.3. The molecule has 3 N–H and O–H groups in total. The van der Waals surface area contributed by atoms with Gasteiger partial charge in [-0.05, 0) is 25.2 Å². The van der Waals surface area contributed by atoms with Crippen LogP contribution in [0, 0.1) is 11.8 Å². The molecular formula is C18H35N3O4. The van der Waals surface area contributed by atoms with Crippen LogP contribution in [0.5, 0.6) is 0 Å². The molecule has 146 valence electrons. The molecular weight excluding hydrogens is 322 g/mol. The maximum Gasteiger partial charge on any atom is 0.262 e. The second kappa shape index (κ2) is 13.6. The summed E-state index contributed by atoms with van der Waals surface area (Å²) in [5, 5.41) is 11.3. The van der Waals surface area contributed by atoms with E-state index in [1.165, 1.54) is 4.90 Å². The van der Waals surface area contributed by atoms with E-state index in [0.717, 1.165) is 38.5 Å². The summed E-state index contributed by atoms with van der Waals surface area (Å²) in [6.45, 7) is 6.46. The first-order valence-corrected chi connectivity index (χ1v) is 9.24. The number of hydrogen-bond acceptors (Lipinski definition) is 4. The van der Waals surface area contributed by atoms with Gasteiger partial charge in [-0.3, -0.25) is 19.6 Å². The van der Waals surface area contributed by atoms with Crippen molar-refractivity contribution in [2.24, 2.45) is 11.8 Å². The van der Waals surface area contributed by atoms with Crippen LogP contribution in [-0.2, 0) is 14.4 Å². The summed E-state index contributed by atoms with van der Waals surface area (Å²) in [6.07, 6.45) is 5.72. The van der Waals surface area contributed by atoms with Crippen LogP contribution >= 0.6 is 0 Å². The van der Waals surface area contributed by atoms with Crippen molar-refractivity contribution in [3.63, 3.8) is 0 Å². The highest BCUT2D eigenvalue weighted by atomic mass is 16.5. The Morgan fingerprint density at radius 3 is 2.20 bits per heavy atom. The number of nitrogens with one attached hydrogen (secondary N) is 2. The fourth-order valence-corrected chi connectivity index (χ4v) is 2.53. The van der Waals surface area contributed by atoms with Crippen molar-refractivity contribution in [2.75, 3.05) is 20.1 Å². The highest BCUT2D eigenvalue weighted by Crippen LogP contribution is 2.12. The highest BCUT2D eigenvalue weighted by Gasteiger charge is 2.17. The van der Waals surface area contributed by atoms with Crippen LogP contribution < -0.4 is 10.8 Å². The molecule has 0 spiro atoms. The lowest BCUT2D eigenvalue weighted by molar-refractivity contribution is -0.139. The quantitative estimate of drug-likeness (QED) is 0.267. The number of unbranched alkanes of at least 4 members (excludes halogenated alkanes) is 3. The first-order valence-electron chi connectivity index (χ1n) is 9.24. The van der Waals surface area contributed by atoms with E-state index in [1.807, 2.05) is 6.92 Å². The number of hydrogen-bond donors (Lipinski definition) is 3. The third-order valence-corrected chi connectivity index (χ3v) is 4.26. The molecule has 7 heteroatoms. The van der Waals surface area contributed by atoms with Crippen molar-refractivity contribution in [3.8, 4) is 0 Å². The third kappa shape index (κ3) is 11.5. The van der Waals surface area contributed by atoms with Crippen LogP contribution in [0.4, 0.5) is 0 Å². The predicted molar refractivity (Wildman–Crippen MR) is 96.9 cm³/mol. The minimum atomic E-state index is -0.569. The van der Waals surface area contributed by atoms with Crippen molar-refractivity contribution >= 4 is 17.7 Å². The fraction of sp³-hybridized carbons (Fsp3) is 0.833. The normalized spacial score (nSPS) is 11.9. The molecule has 0 fully saturated rings. The van der Waals surface area contributed by atoms with Crippen LogP contribution in [0.1, 0.15) is 65.7 Å². The van der Waals surface area contributed by atoms with Gasteiger partial charge in [-0.15, -0.1) is 0 Å². The van der Waals surface area contributed by atoms with Crippen LogP contribution in [0.15, 0.2) is 0 Å². The predicted octanol–water partition coefficient (Wildman–Crippen LogP) is 2.09. The van der Waals surface area contributed by atoms with Gasteiger partial charge in [0.2, 0.25) is 11.8 Å². The SMILES string of the molecule is CNC(=O)[C@@H](C)CCCCCCC(=O)N(CCC(C)C)CC(=O)NO. The molecule has 0 aliphatic rings. The Labute approximate surface area is 151 Å². The molecule has 0 aliphatic heterocycles. The van der Waals surface area contributed by atoms with Crippen molar-refractivity contribution < 1.29 is 19.6 Å². The molecule has 0 unspecified atom stereocenters. The number of hydroxylamine groups is 1. The van der Waals surface area contributed by atoms with Gasteiger partial charge in [0.1, 0.15) is 6.54 Å². The molecule has 3 amide bonds. The zero-order chi connectivity index (χ0) is 19.2. The minimum Gasteiger partial charge on any atom is -0.359 e. The Balaban J connectivity index is 4.07. The second-order valence-corrected chi connectivity index (χ2v) is 7.00. The van der Waals surface area contributed by atoms with Gasteiger partial charge in [0, 0.05) is 25.9 Å². The van der Waals surface area contributed by atoms with Crippen LogP contribution in [0.25, 0.3) is 0 Å². The number of amides is 3. The van der Waals surface area contributed by atoms with E-state index in [2.05, 4.69) is 19.2 Å². The van der Waals surface area contributed by atoms with E-state index >= 15 is 0 Å². The van der Waals surface area contributed by atoms with Gasteiger partial charge in [-0.1, -0.05) is 40.0 Å². The molecule has 0 saturated heterocycles. The summed E-state index contributed by atoms with van der Waals surface area (Å²) < 4.78 is 0. The lowest BCUT2D eigenvalue weighted by Gasteiger charge is -2.22. The summed E-state index contributed by atoms with van der Waals surface area (Å²) >= 11 is 0. The van der Waals surface area contributed by atoms with Gasteiger partial charge in [0.15, 0.2) is 0 Å². The van der Waals surface area contributed by atoms with E-state index in [1.54, 1.807) is 12.5 Å². The standard InChI is InChI=1S/C18H35N3O4/c1-14(2)11-12-21(13-16(22)20-25)17(23)10-8-6-5-7-9-15(3)18(24)19-4/h14-15,25H,5-13H2,1-4H3,(H,19,24)(H,20,22)/t15-/m0/s1. The van der Waals surface area contributed by atoms with Gasteiger partial charge in [-0.25, -0.2) is 5.48 Å². The molecule has 0 heterocycles. The lowest BCUT2D eigenvalue weighted by Crippen LogP contribution is -2.40. The van der Waals surface area contributed by atoms with Gasteiger partial charge in [-0.2, -0.15) is 0 Å². The number of carbonyl (C=O) groups excluding carboxylic acids is 3. The van der Waals surface area contributed by atoms with E-state index in [0.29, 0.717) is 18.9 Å². The maximum atomic E-state index is 12.3. The van der Waals surface area contributed by atoms with Crippen LogP contribution in [-0.4, -0.2) is 48.0 Å². The average molecular weight is 357 g/mol. The smallest absolute Gasteiger partial charge is 0.262 e. The van der Waals surface area contributed by atoms with Gasteiger partial charge in [0.25, 0.3) is 5.91 Å². The van der Waals surface area contributed by atoms with Crippen molar-refractivity contribution in [1.29, 1.82) is 0 Å². The Morgan fingerprint density at radius 1 is 1.00 bits per heavy atom. The molecule has 1 atom stereocenters. The Kier molecular flexibility index (Phi) is 12.7. The average Bonchev–Trinajstić information content (AvgIpc) is 2.59. The summed E-state index contributed by atoms with van der Waals surface area (Å²) in [7, 11) is 1.65. The molecule has 7 nitrogen and oxygen atoms in total. The molecule has 0 aromatic carbocycles. The molecule has 0 bridgehead atoms. The van der Waals surface area contributed by atoms with E-state index in [-0.39, 0.29) is 24.3 Å². The third-order valence-electron chi connectivity index (χ3n) is 4.26. The minimum absolute atomic E-state index is 0.0233. The largest absolute Gasteiger partial charge is 0.359 e. The van der Waals surface area contributed by atoms with E-state index < -0.39 is 5.91 Å². The molecule has 0 saturated carbocycles. The van der Waals surface area contributed by atoms with Gasteiger partial charge >= 0.3 is 0 Å². The Morgan fingerprint density at radius 2 is 1.64 bits per heavy atom. The van der Waals surface area contributed by atoms with Crippen LogP contribution in [0.3, 0.4) is 0 Å². The molecule has 0 radical (unpaired) electrons. The topological polar surface area (TPSA) is 98.7 Å². The molecule has 25 heavy (non-hydrogen) atoms. The summed E-state index contributed by atoms with van der Waals surface area (Å²) in [6, 6.07) is 0. The summed E-state index contributed by atoms with van der Waals surface area (Å²) in [4.78, 5) is 36.5. The van der Waals surface area contributed by atoms with E-state index in [4.69, 9.17) is 5.21 Å². The number of nitrogens with zero attached hydrogens (tertiary/aromatic N) is 1. The zero-order valence-electron chi connectivity index (χ0n) is 16.1. The van der Waals surface area contributed by atoms with Crippen molar-refractivity contribution in [3.05, 3.63) is 0 Å². The Hall–Kier alpha value is -1.63. The molecule has 0 aromatic rings. The fourth-order valence-electron chi connectivity index (χ4n) is 2.53. The summed E-state index contributed by atoms with van der Waals surface area (Å²) in [5.74, 6) is -0.0913. The first-order chi connectivity index (χ1) is 11.8. The number of rotatable bonds is 13.